The topological polar surface area (TPSA) is 32.8 Å². The lowest BCUT2D eigenvalue weighted by Crippen LogP contribution is -2.51. The van der Waals surface area contributed by atoms with Gasteiger partial charge in [-0.3, -0.25) is 4.79 Å². The standard InChI is InChI=1S/C19H28N2O2/c1-3-20-11-13-21(14-12-20)19(22)15(2)23-18-10-6-8-16-7-4-5-9-17(16)18/h6,8,10,15H,3-5,7,9,11-14H2,1-2H3/t15-/m0/s1. The molecule has 0 bridgehead atoms. The van der Waals surface area contributed by atoms with Crippen molar-refractivity contribution in [1.29, 1.82) is 0 Å². The van der Waals surface area contributed by atoms with Crippen molar-refractivity contribution < 1.29 is 9.53 Å². The molecule has 1 amide bonds. The molecule has 1 aromatic rings. The van der Waals surface area contributed by atoms with Gasteiger partial charge in [0.1, 0.15) is 5.75 Å². The molecule has 0 radical (unpaired) electrons. The molecule has 0 spiro atoms. The number of nitrogens with zero attached hydrogens (tertiary/aromatic N) is 2. The van der Waals surface area contributed by atoms with Gasteiger partial charge in [-0.05, 0) is 56.3 Å². The highest BCUT2D eigenvalue weighted by molar-refractivity contribution is 5.81. The summed E-state index contributed by atoms with van der Waals surface area (Å²) in [4.78, 5) is 17.0. The number of piperazine rings is 1. The number of carbonyl (C=O) groups excluding carboxylic acids is 1. The third kappa shape index (κ3) is 3.69. The molecule has 1 heterocycles. The summed E-state index contributed by atoms with van der Waals surface area (Å²) in [6.07, 6.45) is 4.27. The van der Waals surface area contributed by atoms with Gasteiger partial charge in [-0.1, -0.05) is 19.1 Å². The van der Waals surface area contributed by atoms with Crippen molar-refractivity contribution in [1.82, 2.24) is 9.80 Å². The van der Waals surface area contributed by atoms with E-state index >= 15 is 0 Å². The minimum absolute atomic E-state index is 0.120. The number of benzene rings is 1. The van der Waals surface area contributed by atoms with E-state index in [1.165, 1.54) is 24.0 Å². The minimum atomic E-state index is -0.406. The summed E-state index contributed by atoms with van der Waals surface area (Å²) < 4.78 is 6.08. The van der Waals surface area contributed by atoms with E-state index in [0.717, 1.165) is 51.3 Å². The van der Waals surface area contributed by atoms with Crippen LogP contribution in [0.4, 0.5) is 0 Å². The molecule has 4 heteroatoms. The molecule has 1 aliphatic heterocycles. The van der Waals surface area contributed by atoms with Crippen molar-refractivity contribution in [3.8, 4) is 5.75 Å². The predicted octanol–water partition coefficient (Wildman–Crippen LogP) is 2.50. The Labute approximate surface area is 139 Å². The van der Waals surface area contributed by atoms with Crippen LogP contribution in [0.15, 0.2) is 18.2 Å². The van der Waals surface area contributed by atoms with E-state index in [0.29, 0.717) is 0 Å². The number of amides is 1. The van der Waals surface area contributed by atoms with Gasteiger partial charge in [0.15, 0.2) is 6.10 Å². The van der Waals surface area contributed by atoms with E-state index in [1.54, 1.807) is 0 Å². The van der Waals surface area contributed by atoms with Gasteiger partial charge in [0.2, 0.25) is 0 Å². The van der Waals surface area contributed by atoms with Crippen molar-refractivity contribution >= 4 is 5.91 Å². The summed E-state index contributed by atoms with van der Waals surface area (Å²) in [6.45, 7) is 8.68. The Balaban J connectivity index is 1.63. The largest absolute Gasteiger partial charge is 0.481 e. The Kier molecular flexibility index (Phi) is 5.21. The Morgan fingerprint density at radius 1 is 1.17 bits per heavy atom. The first-order chi connectivity index (χ1) is 11.2. The summed E-state index contributed by atoms with van der Waals surface area (Å²) in [7, 11) is 0. The Hall–Kier alpha value is -1.55. The van der Waals surface area contributed by atoms with Crippen LogP contribution >= 0.6 is 0 Å². The number of ether oxygens (including phenoxy) is 1. The second kappa shape index (κ2) is 7.35. The van der Waals surface area contributed by atoms with E-state index in [9.17, 15) is 4.79 Å². The number of likely N-dealkylation sites (N-methyl/N-ethyl adjacent to an activating group) is 1. The van der Waals surface area contributed by atoms with Crippen molar-refractivity contribution in [2.45, 2.75) is 45.6 Å². The molecule has 0 unspecified atom stereocenters. The second-order valence-electron chi connectivity index (χ2n) is 6.62. The fourth-order valence-corrected chi connectivity index (χ4v) is 3.64. The van der Waals surface area contributed by atoms with Gasteiger partial charge in [0.05, 0.1) is 0 Å². The highest BCUT2D eigenvalue weighted by Gasteiger charge is 2.26. The van der Waals surface area contributed by atoms with Gasteiger partial charge < -0.3 is 14.5 Å². The molecule has 1 atom stereocenters. The van der Waals surface area contributed by atoms with Gasteiger partial charge in [0, 0.05) is 26.2 Å². The van der Waals surface area contributed by atoms with Gasteiger partial charge in [0.25, 0.3) is 5.91 Å². The van der Waals surface area contributed by atoms with Crippen LogP contribution < -0.4 is 4.74 Å². The van der Waals surface area contributed by atoms with Gasteiger partial charge in [-0.15, -0.1) is 0 Å². The number of aryl methyl sites for hydroxylation is 1. The third-order valence-electron chi connectivity index (χ3n) is 5.14. The van der Waals surface area contributed by atoms with Crippen LogP contribution in [-0.4, -0.2) is 54.5 Å². The molecule has 3 rings (SSSR count). The van der Waals surface area contributed by atoms with Crippen LogP contribution in [-0.2, 0) is 17.6 Å². The fraction of sp³-hybridized carbons (Fsp3) is 0.632. The van der Waals surface area contributed by atoms with E-state index in [1.807, 2.05) is 17.9 Å². The number of hydrogen-bond donors (Lipinski definition) is 0. The molecule has 1 fully saturated rings. The zero-order chi connectivity index (χ0) is 16.2. The van der Waals surface area contributed by atoms with Gasteiger partial charge in [-0.2, -0.15) is 0 Å². The van der Waals surface area contributed by atoms with E-state index in [2.05, 4.69) is 24.0 Å². The quantitative estimate of drug-likeness (QED) is 0.855. The first-order valence-electron chi connectivity index (χ1n) is 8.97. The van der Waals surface area contributed by atoms with Crippen LogP contribution in [0.5, 0.6) is 5.75 Å². The monoisotopic (exact) mass is 316 g/mol. The fourth-order valence-electron chi connectivity index (χ4n) is 3.64. The van der Waals surface area contributed by atoms with Crippen LogP contribution in [0.3, 0.4) is 0 Å². The molecule has 23 heavy (non-hydrogen) atoms. The SMILES string of the molecule is CCN1CCN(C(=O)[C@H](C)Oc2cccc3c2CCCC3)CC1. The zero-order valence-corrected chi connectivity index (χ0v) is 14.4. The zero-order valence-electron chi connectivity index (χ0n) is 14.4. The summed E-state index contributed by atoms with van der Waals surface area (Å²) in [6, 6.07) is 6.26. The Morgan fingerprint density at radius 2 is 1.91 bits per heavy atom. The lowest BCUT2D eigenvalue weighted by Gasteiger charge is -2.35. The number of fused-ring (bicyclic) bond motifs is 1. The maximum atomic E-state index is 12.6. The summed E-state index contributed by atoms with van der Waals surface area (Å²) >= 11 is 0. The molecule has 0 aromatic heterocycles. The van der Waals surface area contributed by atoms with Crippen LogP contribution in [0, 0.1) is 0 Å². The first-order valence-corrected chi connectivity index (χ1v) is 8.97. The van der Waals surface area contributed by atoms with E-state index in [-0.39, 0.29) is 5.91 Å². The lowest BCUT2D eigenvalue weighted by molar-refractivity contribution is -0.139. The summed E-state index contributed by atoms with van der Waals surface area (Å²) in [5.41, 5.74) is 2.71. The summed E-state index contributed by atoms with van der Waals surface area (Å²) in [5.74, 6) is 1.03. The van der Waals surface area contributed by atoms with Crippen LogP contribution in [0.25, 0.3) is 0 Å². The maximum Gasteiger partial charge on any atom is 0.263 e. The average molecular weight is 316 g/mol. The van der Waals surface area contributed by atoms with Crippen molar-refractivity contribution in [3.05, 3.63) is 29.3 Å². The van der Waals surface area contributed by atoms with Crippen molar-refractivity contribution in [2.24, 2.45) is 0 Å². The minimum Gasteiger partial charge on any atom is -0.481 e. The van der Waals surface area contributed by atoms with Gasteiger partial charge in [-0.25, -0.2) is 0 Å². The van der Waals surface area contributed by atoms with Crippen LogP contribution in [0.2, 0.25) is 0 Å². The molecule has 4 nitrogen and oxygen atoms in total. The molecule has 0 N–H and O–H groups in total. The molecule has 1 aromatic carbocycles. The highest BCUT2D eigenvalue weighted by Crippen LogP contribution is 2.30. The molecule has 1 aliphatic carbocycles. The molecule has 0 saturated carbocycles. The molecule has 1 saturated heterocycles. The van der Waals surface area contributed by atoms with E-state index in [4.69, 9.17) is 4.74 Å². The predicted molar refractivity (Wildman–Crippen MR) is 91.9 cm³/mol. The lowest BCUT2D eigenvalue weighted by atomic mass is 9.91. The molecular weight excluding hydrogens is 288 g/mol. The number of carbonyl (C=O) groups is 1. The molecule has 126 valence electrons. The van der Waals surface area contributed by atoms with Crippen molar-refractivity contribution in [3.63, 3.8) is 0 Å². The van der Waals surface area contributed by atoms with Crippen molar-refractivity contribution in [2.75, 3.05) is 32.7 Å². The summed E-state index contributed by atoms with van der Waals surface area (Å²) in [5, 5.41) is 0. The average Bonchev–Trinajstić information content (AvgIpc) is 2.61. The van der Waals surface area contributed by atoms with Gasteiger partial charge >= 0.3 is 0 Å². The number of rotatable bonds is 4. The van der Waals surface area contributed by atoms with E-state index < -0.39 is 6.10 Å². The Morgan fingerprint density at radius 3 is 2.65 bits per heavy atom. The first kappa shape index (κ1) is 16.3. The smallest absolute Gasteiger partial charge is 0.263 e. The maximum absolute atomic E-state index is 12.6. The van der Waals surface area contributed by atoms with Crippen LogP contribution in [0.1, 0.15) is 37.8 Å². The Bertz CT molecular complexity index is 550. The normalized spacial score (nSPS) is 20.0. The highest BCUT2D eigenvalue weighted by atomic mass is 16.5. The molecular formula is C19H28N2O2. The molecule has 2 aliphatic rings. The number of hydrogen-bond acceptors (Lipinski definition) is 3. The third-order valence-corrected chi connectivity index (χ3v) is 5.14. The second-order valence-corrected chi connectivity index (χ2v) is 6.62.